The number of carbonyl (C=O) groups is 2. The Labute approximate surface area is 201 Å². The van der Waals surface area contributed by atoms with Crippen LogP contribution in [0.5, 0.6) is 11.5 Å². The molecule has 0 aliphatic carbocycles. The largest absolute Gasteiger partial charge is 0.481 e. The highest BCUT2D eigenvalue weighted by atomic mass is 16.5. The zero-order valence-corrected chi connectivity index (χ0v) is 20.1. The Morgan fingerprint density at radius 1 is 0.647 bits per heavy atom. The quantitative estimate of drug-likeness (QED) is 0.395. The second kappa shape index (κ2) is 11.9. The van der Waals surface area contributed by atoms with Crippen molar-refractivity contribution in [2.45, 2.75) is 52.7 Å². The lowest BCUT2D eigenvalue weighted by molar-refractivity contribution is -0.123. The van der Waals surface area contributed by atoms with E-state index in [-0.39, 0.29) is 11.8 Å². The molecule has 3 rings (SSSR count). The van der Waals surface area contributed by atoms with Gasteiger partial charge in [-0.05, 0) is 63.1 Å². The number of aryl methyl sites for hydroxylation is 2. The van der Waals surface area contributed by atoms with Crippen molar-refractivity contribution in [2.75, 3.05) is 10.6 Å². The van der Waals surface area contributed by atoms with Crippen LogP contribution >= 0.6 is 0 Å². The Morgan fingerprint density at radius 3 is 1.32 bits per heavy atom. The number of para-hydroxylation sites is 2. The summed E-state index contributed by atoms with van der Waals surface area (Å²) in [6.45, 7) is 7.77. The predicted molar refractivity (Wildman–Crippen MR) is 135 cm³/mol. The molecule has 0 aliphatic heterocycles. The summed E-state index contributed by atoms with van der Waals surface area (Å²) < 4.78 is 11.8. The molecule has 0 saturated carbocycles. The summed E-state index contributed by atoms with van der Waals surface area (Å²) in [5, 5.41) is 5.78. The second-order valence-corrected chi connectivity index (χ2v) is 8.18. The summed E-state index contributed by atoms with van der Waals surface area (Å²) in [6, 6.07) is 22.2. The van der Waals surface area contributed by atoms with Gasteiger partial charge in [0.25, 0.3) is 11.8 Å². The van der Waals surface area contributed by atoms with Gasteiger partial charge in [0.2, 0.25) is 0 Å². The summed E-state index contributed by atoms with van der Waals surface area (Å²) in [7, 11) is 0. The van der Waals surface area contributed by atoms with E-state index in [0.717, 1.165) is 11.1 Å². The number of anilines is 2. The molecule has 0 heterocycles. The van der Waals surface area contributed by atoms with Gasteiger partial charge in [0.05, 0.1) is 11.4 Å². The van der Waals surface area contributed by atoms with Gasteiger partial charge in [0.1, 0.15) is 11.5 Å². The molecule has 2 N–H and O–H groups in total. The number of benzene rings is 3. The zero-order chi connectivity index (χ0) is 24.5. The molecule has 0 bridgehead atoms. The highest BCUT2D eigenvalue weighted by Crippen LogP contribution is 2.24. The SMILES string of the molecule is CC[C@@H](Oc1ccc(C)cc1)C(=O)Nc1ccccc1NC(=O)[C@@H](CC)Oc1ccc(C)cc1. The van der Waals surface area contributed by atoms with Crippen molar-refractivity contribution in [3.05, 3.63) is 83.9 Å². The molecule has 178 valence electrons. The van der Waals surface area contributed by atoms with Gasteiger partial charge in [-0.15, -0.1) is 0 Å². The topological polar surface area (TPSA) is 76.7 Å². The van der Waals surface area contributed by atoms with Gasteiger partial charge in [0, 0.05) is 0 Å². The first-order valence-corrected chi connectivity index (χ1v) is 11.6. The number of amides is 2. The van der Waals surface area contributed by atoms with Crippen LogP contribution in [0.3, 0.4) is 0 Å². The maximum atomic E-state index is 12.9. The minimum atomic E-state index is -0.667. The fourth-order valence-corrected chi connectivity index (χ4v) is 3.33. The standard InChI is InChI=1S/C28H32N2O4/c1-5-25(33-21-15-11-19(3)12-16-21)27(31)29-23-9-7-8-10-24(23)30-28(32)26(6-2)34-22-17-13-20(4)14-18-22/h7-18,25-26H,5-6H2,1-4H3,(H,29,31)(H,30,32)/t25-,26-/m1/s1. The lowest BCUT2D eigenvalue weighted by Crippen LogP contribution is -2.34. The molecule has 0 spiro atoms. The monoisotopic (exact) mass is 460 g/mol. The van der Waals surface area contributed by atoms with Crippen LogP contribution in [0.4, 0.5) is 11.4 Å². The first kappa shape index (κ1) is 24.8. The molecule has 0 aromatic heterocycles. The maximum Gasteiger partial charge on any atom is 0.265 e. The van der Waals surface area contributed by atoms with Gasteiger partial charge in [-0.1, -0.05) is 61.4 Å². The van der Waals surface area contributed by atoms with Crippen LogP contribution in [0.2, 0.25) is 0 Å². The van der Waals surface area contributed by atoms with Crippen molar-refractivity contribution in [1.82, 2.24) is 0 Å². The van der Waals surface area contributed by atoms with E-state index in [1.807, 2.05) is 76.2 Å². The van der Waals surface area contributed by atoms with Crippen molar-refractivity contribution in [1.29, 1.82) is 0 Å². The van der Waals surface area contributed by atoms with Crippen LogP contribution < -0.4 is 20.1 Å². The fourth-order valence-electron chi connectivity index (χ4n) is 3.33. The number of rotatable bonds is 10. The molecule has 2 atom stereocenters. The van der Waals surface area contributed by atoms with Gasteiger partial charge in [0.15, 0.2) is 12.2 Å². The summed E-state index contributed by atoms with van der Waals surface area (Å²) in [6.07, 6.45) is -0.341. The van der Waals surface area contributed by atoms with Gasteiger partial charge in [-0.25, -0.2) is 0 Å². The number of hydrogen-bond donors (Lipinski definition) is 2. The number of ether oxygens (including phenoxy) is 2. The van der Waals surface area contributed by atoms with Crippen molar-refractivity contribution < 1.29 is 19.1 Å². The molecule has 0 fully saturated rings. The molecule has 2 amide bonds. The minimum absolute atomic E-state index is 0.285. The summed E-state index contributed by atoms with van der Waals surface area (Å²) in [5.74, 6) is 0.696. The van der Waals surface area contributed by atoms with E-state index < -0.39 is 12.2 Å². The molecule has 6 heteroatoms. The normalized spacial score (nSPS) is 12.4. The lowest BCUT2D eigenvalue weighted by Gasteiger charge is -2.20. The molecule has 34 heavy (non-hydrogen) atoms. The van der Waals surface area contributed by atoms with Gasteiger partial charge < -0.3 is 20.1 Å². The predicted octanol–water partition coefficient (Wildman–Crippen LogP) is 5.90. The van der Waals surface area contributed by atoms with Crippen molar-refractivity contribution in [2.24, 2.45) is 0 Å². The van der Waals surface area contributed by atoms with Gasteiger partial charge in [-0.2, -0.15) is 0 Å². The molecule has 0 aliphatic rings. The number of nitrogens with one attached hydrogen (secondary N) is 2. The third-order valence-corrected chi connectivity index (χ3v) is 5.37. The Morgan fingerprint density at radius 2 is 1.00 bits per heavy atom. The minimum Gasteiger partial charge on any atom is -0.481 e. The Hall–Kier alpha value is -3.80. The molecule has 3 aromatic carbocycles. The maximum absolute atomic E-state index is 12.9. The Bertz CT molecular complexity index is 1010. The molecule has 0 saturated heterocycles. The van der Waals surface area contributed by atoms with Crippen LogP contribution in [0.1, 0.15) is 37.8 Å². The number of carbonyl (C=O) groups excluding carboxylic acids is 2. The van der Waals surface area contributed by atoms with Crippen LogP contribution in [0.25, 0.3) is 0 Å². The third kappa shape index (κ3) is 6.85. The molecular weight excluding hydrogens is 428 g/mol. The van der Waals surface area contributed by atoms with Crippen LogP contribution in [-0.4, -0.2) is 24.0 Å². The highest BCUT2D eigenvalue weighted by molar-refractivity contribution is 6.02. The first-order chi connectivity index (χ1) is 16.4. The summed E-state index contributed by atoms with van der Waals surface area (Å²) in [5.41, 5.74) is 3.23. The number of hydrogen-bond acceptors (Lipinski definition) is 4. The van der Waals surface area contributed by atoms with Gasteiger partial charge in [-0.3, -0.25) is 9.59 Å². The zero-order valence-electron chi connectivity index (χ0n) is 20.1. The molecule has 0 radical (unpaired) electrons. The van der Waals surface area contributed by atoms with E-state index in [0.29, 0.717) is 35.7 Å². The summed E-state index contributed by atoms with van der Waals surface area (Å²) >= 11 is 0. The van der Waals surface area contributed by atoms with E-state index in [1.165, 1.54) is 0 Å². The van der Waals surface area contributed by atoms with Crippen LogP contribution in [0, 0.1) is 13.8 Å². The molecule has 6 nitrogen and oxygen atoms in total. The first-order valence-electron chi connectivity index (χ1n) is 11.6. The lowest BCUT2D eigenvalue weighted by atomic mass is 10.2. The summed E-state index contributed by atoms with van der Waals surface area (Å²) in [4.78, 5) is 25.9. The van der Waals surface area contributed by atoms with Crippen LogP contribution in [0.15, 0.2) is 72.8 Å². The Balaban J connectivity index is 1.67. The van der Waals surface area contributed by atoms with Gasteiger partial charge >= 0.3 is 0 Å². The van der Waals surface area contributed by atoms with E-state index >= 15 is 0 Å². The molecule has 3 aromatic rings. The van der Waals surface area contributed by atoms with Crippen molar-refractivity contribution in [3.63, 3.8) is 0 Å². The average Bonchev–Trinajstić information content (AvgIpc) is 2.84. The van der Waals surface area contributed by atoms with E-state index in [4.69, 9.17) is 9.47 Å². The Kier molecular flexibility index (Phi) is 8.68. The fraction of sp³-hybridized carbons (Fsp3) is 0.286. The molecule has 0 unspecified atom stereocenters. The second-order valence-electron chi connectivity index (χ2n) is 8.18. The highest BCUT2D eigenvalue weighted by Gasteiger charge is 2.22. The van der Waals surface area contributed by atoms with E-state index in [9.17, 15) is 9.59 Å². The third-order valence-electron chi connectivity index (χ3n) is 5.37. The molecular formula is C28H32N2O4. The van der Waals surface area contributed by atoms with E-state index in [2.05, 4.69) is 10.6 Å². The van der Waals surface area contributed by atoms with Crippen molar-refractivity contribution in [3.8, 4) is 11.5 Å². The average molecular weight is 461 g/mol. The smallest absolute Gasteiger partial charge is 0.265 e. The van der Waals surface area contributed by atoms with E-state index in [1.54, 1.807) is 24.3 Å². The van der Waals surface area contributed by atoms with Crippen molar-refractivity contribution >= 4 is 23.2 Å². The van der Waals surface area contributed by atoms with Crippen LogP contribution in [-0.2, 0) is 9.59 Å².